The van der Waals surface area contributed by atoms with Crippen LogP contribution in [0.1, 0.15) is 39.9 Å². The average Bonchev–Trinajstić information content (AvgIpc) is 2.65. The van der Waals surface area contributed by atoms with E-state index in [-0.39, 0.29) is 30.3 Å². The molecule has 0 unspecified atom stereocenters. The van der Waals surface area contributed by atoms with Gasteiger partial charge in [-0.3, -0.25) is 9.59 Å². The lowest BCUT2D eigenvalue weighted by molar-refractivity contribution is -0.118. The summed E-state index contributed by atoms with van der Waals surface area (Å²) >= 11 is 0. The minimum absolute atomic E-state index is 0.0112. The van der Waals surface area contributed by atoms with Gasteiger partial charge < -0.3 is 4.90 Å². The number of ketones is 1. The van der Waals surface area contributed by atoms with Crippen molar-refractivity contribution in [3.05, 3.63) is 64.5 Å². The van der Waals surface area contributed by atoms with Crippen molar-refractivity contribution in [3.63, 3.8) is 0 Å². The maximum atomic E-state index is 13.8. The maximum absolute atomic E-state index is 13.8. The number of anilines is 1. The van der Waals surface area contributed by atoms with Gasteiger partial charge in [0.15, 0.2) is 5.78 Å². The zero-order valence-corrected chi connectivity index (χ0v) is 13.2. The molecule has 0 bridgehead atoms. The van der Waals surface area contributed by atoms with E-state index in [1.807, 2.05) is 6.07 Å². The molecule has 3 rings (SSSR count). The van der Waals surface area contributed by atoms with Crippen LogP contribution in [0.15, 0.2) is 36.4 Å². The van der Waals surface area contributed by atoms with Gasteiger partial charge in [0.05, 0.1) is 12.2 Å². The summed E-state index contributed by atoms with van der Waals surface area (Å²) in [6.45, 7) is 3.77. The Morgan fingerprint density at radius 3 is 2.39 bits per heavy atom. The highest BCUT2D eigenvalue weighted by Gasteiger charge is 2.26. The van der Waals surface area contributed by atoms with Gasteiger partial charge in [0, 0.05) is 18.4 Å². The monoisotopic (exact) mass is 311 g/mol. The fourth-order valence-electron chi connectivity index (χ4n) is 3.05. The molecule has 0 aliphatic carbocycles. The van der Waals surface area contributed by atoms with Crippen LogP contribution >= 0.6 is 0 Å². The molecule has 23 heavy (non-hydrogen) atoms. The largest absolute Gasteiger partial charge is 0.307 e. The third-order valence-corrected chi connectivity index (χ3v) is 4.20. The van der Waals surface area contributed by atoms with Crippen LogP contribution in [0.3, 0.4) is 0 Å². The molecule has 118 valence electrons. The Bertz CT molecular complexity index is 775. The zero-order valence-electron chi connectivity index (χ0n) is 13.2. The second-order valence-corrected chi connectivity index (χ2v) is 5.96. The van der Waals surface area contributed by atoms with Gasteiger partial charge in [-0.1, -0.05) is 24.3 Å². The van der Waals surface area contributed by atoms with Crippen LogP contribution < -0.4 is 4.90 Å². The summed E-state index contributed by atoms with van der Waals surface area (Å²) in [6.07, 6.45) is 0.431. The lowest BCUT2D eigenvalue weighted by atomic mass is 10.0. The Kier molecular flexibility index (Phi) is 3.99. The number of aryl methyl sites for hydroxylation is 2. The van der Waals surface area contributed by atoms with Crippen LogP contribution in [-0.4, -0.2) is 11.7 Å². The molecule has 0 N–H and O–H groups in total. The van der Waals surface area contributed by atoms with E-state index in [0.29, 0.717) is 28.9 Å². The summed E-state index contributed by atoms with van der Waals surface area (Å²) in [5.74, 6) is -0.308. The van der Waals surface area contributed by atoms with Gasteiger partial charge in [0.2, 0.25) is 5.91 Å². The number of carbonyl (C=O) groups is 2. The number of fused-ring (bicyclic) bond motifs is 1. The SMILES string of the molecule is Cc1cc(CN2C(=O)CCC(=O)c3ccccc32)cc(C)c1F. The summed E-state index contributed by atoms with van der Waals surface area (Å²) in [4.78, 5) is 26.3. The van der Waals surface area contributed by atoms with Gasteiger partial charge >= 0.3 is 0 Å². The summed E-state index contributed by atoms with van der Waals surface area (Å²) in [5.41, 5.74) is 3.20. The first-order valence-corrected chi connectivity index (χ1v) is 7.65. The van der Waals surface area contributed by atoms with Gasteiger partial charge in [-0.2, -0.15) is 0 Å². The zero-order chi connectivity index (χ0) is 16.6. The predicted octanol–water partition coefficient (Wildman–Crippen LogP) is 3.95. The number of rotatable bonds is 2. The van der Waals surface area contributed by atoms with E-state index in [2.05, 4.69) is 0 Å². The quantitative estimate of drug-likeness (QED) is 0.842. The van der Waals surface area contributed by atoms with Gasteiger partial charge in [-0.15, -0.1) is 0 Å². The molecular formula is C19H18FNO2. The number of amides is 1. The first kappa shape index (κ1) is 15.4. The number of carbonyl (C=O) groups excluding carboxylic acids is 2. The van der Waals surface area contributed by atoms with E-state index < -0.39 is 0 Å². The van der Waals surface area contributed by atoms with E-state index in [0.717, 1.165) is 5.56 Å². The highest BCUT2D eigenvalue weighted by Crippen LogP contribution is 2.29. The van der Waals surface area contributed by atoms with Crippen molar-refractivity contribution in [2.75, 3.05) is 4.90 Å². The van der Waals surface area contributed by atoms with Crippen LogP contribution in [-0.2, 0) is 11.3 Å². The highest BCUT2D eigenvalue weighted by molar-refractivity contribution is 6.09. The lowest BCUT2D eigenvalue weighted by Crippen LogP contribution is -2.29. The fourth-order valence-corrected chi connectivity index (χ4v) is 3.05. The smallest absolute Gasteiger partial charge is 0.227 e. The Hall–Kier alpha value is -2.49. The van der Waals surface area contributed by atoms with Crippen molar-refractivity contribution in [2.24, 2.45) is 0 Å². The molecule has 1 aliphatic heterocycles. The van der Waals surface area contributed by atoms with Crippen LogP contribution in [0, 0.1) is 19.7 Å². The van der Waals surface area contributed by atoms with Crippen LogP contribution in [0.25, 0.3) is 0 Å². The molecule has 0 fully saturated rings. The summed E-state index contributed by atoms with van der Waals surface area (Å²) in [7, 11) is 0. The normalized spacial score (nSPS) is 14.7. The second-order valence-electron chi connectivity index (χ2n) is 5.96. The molecule has 0 aromatic heterocycles. The van der Waals surface area contributed by atoms with Crippen LogP contribution in [0.4, 0.5) is 10.1 Å². The lowest BCUT2D eigenvalue weighted by Gasteiger charge is -2.23. The topological polar surface area (TPSA) is 37.4 Å². The van der Waals surface area contributed by atoms with E-state index >= 15 is 0 Å². The molecule has 0 atom stereocenters. The molecule has 2 aromatic carbocycles. The number of benzene rings is 2. The minimum atomic E-state index is -0.216. The first-order chi connectivity index (χ1) is 11.0. The summed E-state index contributed by atoms with van der Waals surface area (Å²) < 4.78 is 13.8. The van der Waals surface area contributed by atoms with Gasteiger partial charge in [0.25, 0.3) is 0 Å². The maximum Gasteiger partial charge on any atom is 0.227 e. The average molecular weight is 311 g/mol. The van der Waals surface area contributed by atoms with Gasteiger partial charge in [0.1, 0.15) is 5.82 Å². The Balaban J connectivity index is 2.03. The third kappa shape index (κ3) is 2.89. The first-order valence-electron chi connectivity index (χ1n) is 7.65. The molecule has 0 radical (unpaired) electrons. The highest BCUT2D eigenvalue weighted by atomic mass is 19.1. The van der Waals surface area contributed by atoms with E-state index in [1.165, 1.54) is 0 Å². The van der Waals surface area contributed by atoms with Gasteiger partial charge in [-0.05, 0) is 42.7 Å². The Morgan fingerprint density at radius 1 is 1.04 bits per heavy atom. The van der Waals surface area contributed by atoms with E-state index in [9.17, 15) is 14.0 Å². The molecule has 1 aliphatic rings. The summed E-state index contributed by atoms with van der Waals surface area (Å²) in [6, 6.07) is 10.7. The van der Waals surface area contributed by atoms with Crippen molar-refractivity contribution < 1.29 is 14.0 Å². The molecular weight excluding hydrogens is 293 g/mol. The Morgan fingerprint density at radius 2 is 1.70 bits per heavy atom. The van der Waals surface area contributed by atoms with Crippen LogP contribution in [0.2, 0.25) is 0 Å². The van der Waals surface area contributed by atoms with Crippen molar-refractivity contribution >= 4 is 17.4 Å². The number of para-hydroxylation sites is 1. The van der Waals surface area contributed by atoms with Crippen molar-refractivity contribution in [2.45, 2.75) is 33.2 Å². The molecule has 4 heteroatoms. The van der Waals surface area contributed by atoms with Crippen LogP contribution in [0.5, 0.6) is 0 Å². The van der Waals surface area contributed by atoms with Crippen molar-refractivity contribution in [3.8, 4) is 0 Å². The third-order valence-electron chi connectivity index (χ3n) is 4.20. The Labute approximate surface area is 134 Å². The molecule has 1 heterocycles. The number of nitrogens with zero attached hydrogens (tertiary/aromatic N) is 1. The molecule has 0 spiro atoms. The molecule has 2 aromatic rings. The molecule has 1 amide bonds. The van der Waals surface area contributed by atoms with Crippen molar-refractivity contribution in [1.82, 2.24) is 0 Å². The van der Waals surface area contributed by atoms with E-state index in [4.69, 9.17) is 0 Å². The molecule has 3 nitrogen and oxygen atoms in total. The van der Waals surface area contributed by atoms with Crippen molar-refractivity contribution in [1.29, 1.82) is 0 Å². The number of hydrogen-bond donors (Lipinski definition) is 0. The number of halogens is 1. The molecule has 0 saturated heterocycles. The minimum Gasteiger partial charge on any atom is -0.307 e. The second kappa shape index (κ2) is 5.95. The van der Waals surface area contributed by atoms with E-state index in [1.54, 1.807) is 49.1 Å². The number of hydrogen-bond acceptors (Lipinski definition) is 2. The summed E-state index contributed by atoms with van der Waals surface area (Å²) in [5, 5.41) is 0. The standard InChI is InChI=1S/C19H18FNO2/c1-12-9-14(10-13(2)19(12)20)11-21-16-6-4-3-5-15(16)17(22)7-8-18(21)23/h3-6,9-10H,7-8,11H2,1-2H3. The molecule has 0 saturated carbocycles. The fraction of sp³-hybridized carbons (Fsp3) is 0.263. The predicted molar refractivity (Wildman–Crippen MR) is 87.1 cm³/mol. The number of Topliss-reactive ketones (excluding diaryl/α,β-unsaturated/α-hetero) is 1. The van der Waals surface area contributed by atoms with Gasteiger partial charge in [-0.25, -0.2) is 4.39 Å².